The minimum Gasteiger partial charge on any atom is -0.377 e. The summed E-state index contributed by atoms with van der Waals surface area (Å²) in [5.74, 6) is 0. The SMILES string of the molecule is COC1C=CC(c2cc3nc(C)c(CN)c(-c4ccc(Cl)cc4Cl)n3n2)=CCC1. The molecule has 1 aliphatic rings. The molecule has 0 amide bonds. The number of ether oxygens (including phenoxy) is 1. The van der Waals surface area contributed by atoms with Gasteiger partial charge in [-0.3, -0.25) is 0 Å². The summed E-state index contributed by atoms with van der Waals surface area (Å²) in [7, 11) is 1.73. The lowest BCUT2D eigenvalue weighted by atomic mass is 10.0. The van der Waals surface area contributed by atoms with E-state index in [4.69, 9.17) is 43.8 Å². The van der Waals surface area contributed by atoms with Crippen LogP contribution in [0.25, 0.3) is 22.5 Å². The highest BCUT2D eigenvalue weighted by atomic mass is 35.5. The molecule has 150 valence electrons. The molecule has 4 rings (SSSR count). The zero-order valence-corrected chi connectivity index (χ0v) is 17.8. The summed E-state index contributed by atoms with van der Waals surface area (Å²) in [6.45, 7) is 2.28. The number of hydrogen-bond acceptors (Lipinski definition) is 4. The van der Waals surface area contributed by atoms with E-state index in [-0.39, 0.29) is 6.10 Å². The van der Waals surface area contributed by atoms with Crippen molar-refractivity contribution in [1.29, 1.82) is 0 Å². The summed E-state index contributed by atoms with van der Waals surface area (Å²) in [6, 6.07) is 7.43. The number of rotatable bonds is 4. The third-order valence-electron chi connectivity index (χ3n) is 5.20. The lowest BCUT2D eigenvalue weighted by molar-refractivity contribution is 0.135. The third-order valence-corrected chi connectivity index (χ3v) is 5.75. The molecule has 0 fully saturated rings. The van der Waals surface area contributed by atoms with Gasteiger partial charge in [0.25, 0.3) is 0 Å². The van der Waals surface area contributed by atoms with E-state index in [1.54, 1.807) is 13.2 Å². The second-order valence-electron chi connectivity index (χ2n) is 7.02. The molecule has 0 saturated carbocycles. The van der Waals surface area contributed by atoms with E-state index in [2.05, 4.69) is 18.2 Å². The molecule has 0 aliphatic heterocycles. The molecule has 7 heteroatoms. The van der Waals surface area contributed by atoms with Crippen molar-refractivity contribution in [2.75, 3.05) is 7.11 Å². The molecule has 0 saturated heterocycles. The predicted octanol–water partition coefficient (Wildman–Crippen LogP) is 5.22. The van der Waals surface area contributed by atoms with Crippen LogP contribution >= 0.6 is 23.2 Å². The van der Waals surface area contributed by atoms with Crippen molar-refractivity contribution in [3.63, 3.8) is 0 Å². The first-order chi connectivity index (χ1) is 14.0. The summed E-state index contributed by atoms with van der Waals surface area (Å²) < 4.78 is 7.29. The highest BCUT2D eigenvalue weighted by Gasteiger charge is 2.19. The number of benzene rings is 1. The maximum atomic E-state index is 6.53. The molecule has 1 unspecified atom stereocenters. The van der Waals surface area contributed by atoms with E-state index in [1.165, 1.54) is 0 Å². The lowest BCUT2D eigenvalue weighted by Crippen LogP contribution is -2.09. The Morgan fingerprint density at radius 3 is 2.83 bits per heavy atom. The summed E-state index contributed by atoms with van der Waals surface area (Å²) in [5, 5.41) is 6.00. The van der Waals surface area contributed by atoms with Crippen LogP contribution in [0.3, 0.4) is 0 Å². The molecule has 0 spiro atoms. The fraction of sp³-hybridized carbons (Fsp3) is 0.273. The van der Waals surface area contributed by atoms with Crippen molar-refractivity contribution in [3.8, 4) is 11.3 Å². The minimum absolute atomic E-state index is 0.119. The Balaban J connectivity index is 1.92. The molecule has 0 bridgehead atoms. The highest BCUT2D eigenvalue weighted by Crippen LogP contribution is 2.34. The van der Waals surface area contributed by atoms with Crippen LogP contribution in [0, 0.1) is 6.92 Å². The number of halogens is 2. The Kier molecular flexibility index (Phi) is 5.74. The van der Waals surface area contributed by atoms with Gasteiger partial charge in [-0.25, -0.2) is 9.50 Å². The average molecular weight is 429 g/mol. The molecule has 1 atom stereocenters. The van der Waals surface area contributed by atoms with Crippen LogP contribution < -0.4 is 5.73 Å². The van der Waals surface area contributed by atoms with Crippen LogP contribution in [0.4, 0.5) is 0 Å². The number of nitrogens with two attached hydrogens (primary N) is 1. The minimum atomic E-state index is 0.119. The Bertz CT molecular complexity index is 1130. The van der Waals surface area contributed by atoms with Crippen LogP contribution in [0.15, 0.2) is 42.5 Å². The number of aryl methyl sites for hydroxylation is 1. The van der Waals surface area contributed by atoms with Crippen LogP contribution in [0.1, 0.15) is 29.8 Å². The number of nitrogens with zero attached hydrogens (tertiary/aromatic N) is 3. The number of allylic oxidation sites excluding steroid dienone is 3. The second kappa shape index (κ2) is 8.28. The van der Waals surface area contributed by atoms with Gasteiger partial charge in [-0.05, 0) is 43.5 Å². The zero-order chi connectivity index (χ0) is 20.5. The molecule has 5 nitrogen and oxygen atoms in total. The molecule has 1 aliphatic carbocycles. The van der Waals surface area contributed by atoms with Crippen LogP contribution in [-0.4, -0.2) is 27.8 Å². The predicted molar refractivity (Wildman–Crippen MR) is 118 cm³/mol. The van der Waals surface area contributed by atoms with E-state index in [0.717, 1.165) is 52.3 Å². The Hall–Kier alpha value is -2.18. The van der Waals surface area contributed by atoms with Crippen molar-refractivity contribution in [3.05, 3.63) is 69.5 Å². The Morgan fingerprint density at radius 2 is 2.10 bits per heavy atom. The van der Waals surface area contributed by atoms with Crippen molar-refractivity contribution in [1.82, 2.24) is 14.6 Å². The molecule has 2 heterocycles. The van der Waals surface area contributed by atoms with Gasteiger partial charge in [-0.15, -0.1) is 0 Å². The second-order valence-corrected chi connectivity index (χ2v) is 7.87. The largest absolute Gasteiger partial charge is 0.377 e. The summed E-state index contributed by atoms with van der Waals surface area (Å²) in [5.41, 5.74) is 12.2. The van der Waals surface area contributed by atoms with Crippen molar-refractivity contribution >= 4 is 34.4 Å². The fourth-order valence-electron chi connectivity index (χ4n) is 3.66. The van der Waals surface area contributed by atoms with E-state index in [1.807, 2.05) is 29.6 Å². The van der Waals surface area contributed by atoms with Crippen LogP contribution in [-0.2, 0) is 11.3 Å². The van der Waals surface area contributed by atoms with Gasteiger partial charge in [-0.2, -0.15) is 5.10 Å². The summed E-state index contributed by atoms with van der Waals surface area (Å²) in [4.78, 5) is 4.73. The molecular formula is C22H22Cl2N4O. The smallest absolute Gasteiger partial charge is 0.156 e. The van der Waals surface area contributed by atoms with Gasteiger partial charge < -0.3 is 10.5 Å². The first-order valence-corrected chi connectivity index (χ1v) is 10.2. The van der Waals surface area contributed by atoms with E-state index in [0.29, 0.717) is 16.6 Å². The monoisotopic (exact) mass is 428 g/mol. The van der Waals surface area contributed by atoms with Gasteiger partial charge >= 0.3 is 0 Å². The van der Waals surface area contributed by atoms with Gasteiger partial charge in [0.1, 0.15) is 0 Å². The highest BCUT2D eigenvalue weighted by molar-refractivity contribution is 6.36. The normalized spacial score (nSPS) is 16.9. The third kappa shape index (κ3) is 3.83. The van der Waals surface area contributed by atoms with Gasteiger partial charge in [0.15, 0.2) is 5.65 Å². The Labute approximate surface area is 179 Å². The molecule has 2 aromatic heterocycles. The molecule has 1 aromatic carbocycles. The zero-order valence-electron chi connectivity index (χ0n) is 16.3. The summed E-state index contributed by atoms with van der Waals surface area (Å²) in [6.07, 6.45) is 8.31. The first kappa shape index (κ1) is 20.1. The van der Waals surface area contributed by atoms with Crippen molar-refractivity contribution in [2.45, 2.75) is 32.4 Å². The number of aromatic nitrogens is 3. The van der Waals surface area contributed by atoms with Crippen molar-refractivity contribution < 1.29 is 4.74 Å². The fourth-order valence-corrected chi connectivity index (χ4v) is 4.16. The van der Waals surface area contributed by atoms with E-state index < -0.39 is 0 Å². The average Bonchev–Trinajstić information content (AvgIpc) is 2.96. The maximum absolute atomic E-state index is 6.53. The van der Waals surface area contributed by atoms with Crippen molar-refractivity contribution in [2.24, 2.45) is 5.73 Å². The molecule has 3 aromatic rings. The Morgan fingerprint density at radius 1 is 1.28 bits per heavy atom. The molecular weight excluding hydrogens is 407 g/mol. The van der Waals surface area contributed by atoms with Crippen LogP contribution in [0.5, 0.6) is 0 Å². The number of methoxy groups -OCH3 is 1. The van der Waals surface area contributed by atoms with Gasteiger partial charge in [-0.1, -0.05) is 41.4 Å². The van der Waals surface area contributed by atoms with E-state index in [9.17, 15) is 0 Å². The van der Waals surface area contributed by atoms with Gasteiger partial charge in [0, 0.05) is 41.6 Å². The number of fused-ring (bicyclic) bond motifs is 1. The summed E-state index contributed by atoms with van der Waals surface area (Å²) >= 11 is 12.6. The molecule has 2 N–H and O–H groups in total. The number of hydrogen-bond donors (Lipinski definition) is 1. The van der Waals surface area contributed by atoms with Crippen LogP contribution in [0.2, 0.25) is 10.0 Å². The van der Waals surface area contributed by atoms with Gasteiger partial charge in [0.2, 0.25) is 0 Å². The molecule has 0 radical (unpaired) electrons. The standard InChI is InChI=1S/C22H22Cl2N4O/c1-13-18(12-25)22(17-9-7-15(23)10-19(17)24)28-21(26-13)11-20(27-28)14-4-3-5-16(29-2)8-6-14/h4,6-11,16H,3,5,12,25H2,1-2H3. The van der Waals surface area contributed by atoms with E-state index >= 15 is 0 Å². The molecule has 29 heavy (non-hydrogen) atoms. The quantitative estimate of drug-likeness (QED) is 0.618. The van der Waals surface area contributed by atoms with Gasteiger partial charge in [0.05, 0.1) is 22.5 Å². The lowest BCUT2D eigenvalue weighted by Gasteiger charge is -2.14. The maximum Gasteiger partial charge on any atom is 0.156 e. The topological polar surface area (TPSA) is 65.4 Å². The first-order valence-electron chi connectivity index (χ1n) is 9.48.